The Morgan fingerprint density at radius 3 is 3.04 bits per heavy atom. The van der Waals surface area contributed by atoms with Gasteiger partial charge in [-0.15, -0.1) is 11.3 Å². The lowest BCUT2D eigenvalue weighted by molar-refractivity contribution is 0.147. The van der Waals surface area contributed by atoms with Crippen LogP contribution in [0.1, 0.15) is 19.5 Å². The monoisotopic (exact) mass is 331 g/mol. The molecular weight excluding hydrogens is 310 g/mol. The van der Waals surface area contributed by atoms with Crippen molar-refractivity contribution in [2.75, 3.05) is 26.4 Å². The van der Waals surface area contributed by atoms with Gasteiger partial charge in [-0.1, -0.05) is 0 Å². The molecule has 1 aromatic carbocycles. The topological polar surface area (TPSA) is 46.6 Å². The van der Waals surface area contributed by atoms with Crippen LogP contribution in [0, 0.1) is 0 Å². The Bertz CT molecular complexity index is 714. The largest absolute Gasteiger partial charge is 0.454 e. The van der Waals surface area contributed by atoms with E-state index in [4.69, 9.17) is 14.5 Å². The summed E-state index contributed by atoms with van der Waals surface area (Å²) in [5, 5.41) is 6.74. The van der Waals surface area contributed by atoms with Gasteiger partial charge < -0.3 is 14.8 Å². The third-order valence-corrected chi connectivity index (χ3v) is 5.15. The normalized spacial score (nSPS) is 19.9. The van der Waals surface area contributed by atoms with E-state index in [1.807, 2.05) is 18.2 Å². The first-order valence-electron chi connectivity index (χ1n) is 7.91. The van der Waals surface area contributed by atoms with Crippen molar-refractivity contribution in [3.8, 4) is 22.1 Å². The summed E-state index contributed by atoms with van der Waals surface area (Å²) in [5.74, 6) is 1.62. The third-order valence-electron chi connectivity index (χ3n) is 4.21. The summed E-state index contributed by atoms with van der Waals surface area (Å²) >= 11 is 1.69. The standard InChI is InChI=1S/C17H21N3O2S/c1-17(2)10-20(6-5-18-17)8-13-9-23-16(19-13)12-3-4-14-15(7-12)22-11-21-14/h3-4,7,9,18H,5-6,8,10-11H2,1-2H3. The maximum Gasteiger partial charge on any atom is 0.231 e. The van der Waals surface area contributed by atoms with Crippen LogP contribution >= 0.6 is 11.3 Å². The molecule has 1 saturated heterocycles. The van der Waals surface area contributed by atoms with Gasteiger partial charge in [0.2, 0.25) is 6.79 Å². The zero-order chi connectivity index (χ0) is 15.9. The molecule has 1 N–H and O–H groups in total. The second-order valence-corrected chi connectivity index (χ2v) is 7.59. The highest BCUT2D eigenvalue weighted by atomic mass is 32.1. The van der Waals surface area contributed by atoms with Gasteiger partial charge in [-0.2, -0.15) is 0 Å². The van der Waals surface area contributed by atoms with E-state index in [1.54, 1.807) is 11.3 Å². The Labute approximate surface area is 140 Å². The lowest BCUT2D eigenvalue weighted by atomic mass is 10.0. The van der Waals surface area contributed by atoms with Crippen LogP contribution in [0.5, 0.6) is 11.5 Å². The highest BCUT2D eigenvalue weighted by Crippen LogP contribution is 2.36. The smallest absolute Gasteiger partial charge is 0.231 e. The Hall–Kier alpha value is -1.63. The van der Waals surface area contributed by atoms with Crippen molar-refractivity contribution in [3.05, 3.63) is 29.3 Å². The van der Waals surface area contributed by atoms with Gasteiger partial charge in [-0.25, -0.2) is 4.98 Å². The molecule has 6 heteroatoms. The molecule has 0 unspecified atom stereocenters. The lowest BCUT2D eigenvalue weighted by Gasteiger charge is -2.38. The van der Waals surface area contributed by atoms with Crippen molar-refractivity contribution in [3.63, 3.8) is 0 Å². The minimum Gasteiger partial charge on any atom is -0.454 e. The molecule has 0 aliphatic carbocycles. The fourth-order valence-electron chi connectivity index (χ4n) is 3.15. The number of rotatable bonds is 3. The fourth-order valence-corrected chi connectivity index (χ4v) is 3.96. The molecule has 0 bridgehead atoms. The van der Waals surface area contributed by atoms with E-state index < -0.39 is 0 Å². The number of aromatic nitrogens is 1. The van der Waals surface area contributed by atoms with Gasteiger partial charge >= 0.3 is 0 Å². The summed E-state index contributed by atoms with van der Waals surface area (Å²) in [4.78, 5) is 7.28. The maximum absolute atomic E-state index is 5.45. The van der Waals surface area contributed by atoms with Crippen LogP contribution in [0.3, 0.4) is 0 Å². The summed E-state index contributed by atoms with van der Waals surface area (Å²) in [6, 6.07) is 6.01. The minimum atomic E-state index is 0.175. The molecule has 0 amide bonds. The highest BCUT2D eigenvalue weighted by molar-refractivity contribution is 7.13. The number of nitrogens with one attached hydrogen (secondary N) is 1. The lowest BCUT2D eigenvalue weighted by Crippen LogP contribution is -2.56. The van der Waals surface area contributed by atoms with Crippen molar-refractivity contribution in [1.82, 2.24) is 15.2 Å². The molecule has 1 aromatic heterocycles. The molecular formula is C17H21N3O2S. The van der Waals surface area contributed by atoms with Crippen molar-refractivity contribution in [2.24, 2.45) is 0 Å². The Morgan fingerprint density at radius 2 is 2.17 bits per heavy atom. The molecule has 2 aromatic rings. The van der Waals surface area contributed by atoms with E-state index in [2.05, 4.69) is 29.4 Å². The Morgan fingerprint density at radius 1 is 1.30 bits per heavy atom. The average Bonchev–Trinajstić information content (AvgIpc) is 3.14. The quantitative estimate of drug-likeness (QED) is 0.937. The number of nitrogens with zero attached hydrogens (tertiary/aromatic N) is 2. The molecule has 0 saturated carbocycles. The third kappa shape index (κ3) is 3.20. The SMILES string of the molecule is CC1(C)CN(Cc2csc(-c3ccc4c(c3)OCO4)n2)CCN1. The first kappa shape index (κ1) is 14.9. The number of benzene rings is 1. The number of hydrogen-bond acceptors (Lipinski definition) is 6. The van der Waals surface area contributed by atoms with Gasteiger partial charge in [0.05, 0.1) is 5.69 Å². The number of hydrogen-bond donors (Lipinski definition) is 1. The van der Waals surface area contributed by atoms with E-state index in [1.165, 1.54) is 0 Å². The second kappa shape index (κ2) is 5.78. The zero-order valence-electron chi connectivity index (χ0n) is 13.5. The summed E-state index contributed by atoms with van der Waals surface area (Å²) in [6.07, 6.45) is 0. The molecule has 5 nitrogen and oxygen atoms in total. The number of fused-ring (bicyclic) bond motifs is 1. The molecule has 23 heavy (non-hydrogen) atoms. The van der Waals surface area contributed by atoms with Gasteiger partial charge in [0.1, 0.15) is 5.01 Å². The van der Waals surface area contributed by atoms with E-state index in [-0.39, 0.29) is 5.54 Å². The van der Waals surface area contributed by atoms with E-state index >= 15 is 0 Å². The van der Waals surface area contributed by atoms with Crippen LogP contribution in [0.4, 0.5) is 0 Å². The molecule has 3 heterocycles. The maximum atomic E-state index is 5.45. The number of piperazine rings is 1. The van der Waals surface area contributed by atoms with Gasteiger partial charge in [0.25, 0.3) is 0 Å². The predicted octanol–water partition coefficient (Wildman–Crippen LogP) is 2.72. The second-order valence-electron chi connectivity index (χ2n) is 6.73. The Kier molecular flexibility index (Phi) is 3.75. The summed E-state index contributed by atoms with van der Waals surface area (Å²) in [5.41, 5.74) is 2.40. The van der Waals surface area contributed by atoms with E-state index in [0.29, 0.717) is 6.79 Å². The van der Waals surface area contributed by atoms with Crippen molar-refractivity contribution in [2.45, 2.75) is 25.9 Å². The van der Waals surface area contributed by atoms with E-state index in [0.717, 1.165) is 53.9 Å². The highest BCUT2D eigenvalue weighted by Gasteiger charge is 2.26. The first-order valence-corrected chi connectivity index (χ1v) is 8.79. The molecule has 0 atom stereocenters. The van der Waals surface area contributed by atoms with Gasteiger partial charge in [-0.05, 0) is 32.0 Å². The fraction of sp³-hybridized carbons (Fsp3) is 0.471. The van der Waals surface area contributed by atoms with Crippen LogP contribution in [-0.2, 0) is 6.54 Å². The van der Waals surface area contributed by atoms with Crippen LogP contribution in [0.2, 0.25) is 0 Å². The number of ether oxygens (including phenoxy) is 2. The van der Waals surface area contributed by atoms with Crippen LogP contribution in [-0.4, -0.2) is 41.9 Å². The van der Waals surface area contributed by atoms with Crippen LogP contribution in [0.25, 0.3) is 10.6 Å². The van der Waals surface area contributed by atoms with E-state index in [9.17, 15) is 0 Å². The molecule has 4 rings (SSSR count). The summed E-state index contributed by atoms with van der Waals surface area (Å²) in [7, 11) is 0. The molecule has 2 aliphatic rings. The molecule has 0 radical (unpaired) electrons. The zero-order valence-corrected chi connectivity index (χ0v) is 14.3. The first-order chi connectivity index (χ1) is 11.1. The average molecular weight is 331 g/mol. The minimum absolute atomic E-state index is 0.175. The molecule has 122 valence electrons. The van der Waals surface area contributed by atoms with Crippen LogP contribution in [0.15, 0.2) is 23.6 Å². The summed E-state index contributed by atoms with van der Waals surface area (Å²) < 4.78 is 10.8. The van der Waals surface area contributed by atoms with Gasteiger partial charge in [-0.3, -0.25) is 4.90 Å². The van der Waals surface area contributed by atoms with Crippen LogP contribution < -0.4 is 14.8 Å². The van der Waals surface area contributed by atoms with Crippen molar-refractivity contribution < 1.29 is 9.47 Å². The summed E-state index contributed by atoms with van der Waals surface area (Å²) in [6.45, 7) is 8.86. The van der Waals surface area contributed by atoms with Gasteiger partial charge in [0, 0.05) is 42.7 Å². The predicted molar refractivity (Wildman–Crippen MR) is 91.0 cm³/mol. The van der Waals surface area contributed by atoms with Crippen molar-refractivity contribution >= 4 is 11.3 Å². The molecule has 1 fully saturated rings. The Balaban J connectivity index is 1.48. The number of thiazole rings is 1. The molecule has 0 spiro atoms. The van der Waals surface area contributed by atoms with Gasteiger partial charge in [0.15, 0.2) is 11.5 Å². The van der Waals surface area contributed by atoms with Crippen molar-refractivity contribution in [1.29, 1.82) is 0 Å². The molecule has 2 aliphatic heterocycles.